The molecule has 0 bridgehead atoms. The molecule has 0 fully saturated rings. The molecule has 3 heterocycles. The van der Waals surface area contributed by atoms with Crippen molar-refractivity contribution in [3.05, 3.63) is 69.4 Å². The van der Waals surface area contributed by atoms with Crippen LogP contribution in [0, 0.1) is 25.2 Å². The molecular formula is C23H22N6OS. The molecule has 0 saturated carbocycles. The first-order valence-corrected chi connectivity index (χ1v) is 10.9. The Kier molecular flexibility index (Phi) is 5.78. The molecule has 7 nitrogen and oxygen atoms in total. The van der Waals surface area contributed by atoms with Gasteiger partial charge in [0.15, 0.2) is 5.65 Å². The second kappa shape index (κ2) is 8.66. The van der Waals surface area contributed by atoms with Gasteiger partial charge in [0.05, 0.1) is 17.9 Å². The van der Waals surface area contributed by atoms with Gasteiger partial charge < -0.3 is 5.32 Å². The fourth-order valence-corrected chi connectivity index (χ4v) is 4.43. The average molecular weight is 431 g/mol. The minimum Gasteiger partial charge on any atom is -0.347 e. The van der Waals surface area contributed by atoms with Crippen LogP contribution in [-0.4, -0.2) is 25.5 Å². The van der Waals surface area contributed by atoms with Crippen molar-refractivity contribution in [2.45, 2.75) is 39.7 Å². The maximum Gasteiger partial charge on any atom is 0.220 e. The van der Waals surface area contributed by atoms with E-state index in [1.807, 2.05) is 56.5 Å². The van der Waals surface area contributed by atoms with Gasteiger partial charge in [-0.1, -0.05) is 30.3 Å². The molecule has 8 heteroatoms. The number of nitrogens with one attached hydrogen (secondary N) is 1. The SMILES string of the molecule is Cc1nc2c(C#N)cnn2c(C)c1CCC(=O)NC(C)c1nc(-c2ccccc2)cs1. The summed E-state index contributed by atoms with van der Waals surface area (Å²) in [6.45, 7) is 5.78. The number of carbonyl (C=O) groups is 1. The van der Waals surface area contributed by atoms with Gasteiger partial charge in [-0.25, -0.2) is 14.5 Å². The number of aromatic nitrogens is 4. The zero-order chi connectivity index (χ0) is 22.0. The van der Waals surface area contributed by atoms with Gasteiger partial charge >= 0.3 is 0 Å². The summed E-state index contributed by atoms with van der Waals surface area (Å²) in [5.74, 6) is -0.0407. The number of nitrogens with zero attached hydrogens (tertiary/aromatic N) is 5. The van der Waals surface area contributed by atoms with Crippen molar-refractivity contribution in [3.63, 3.8) is 0 Å². The minimum absolute atomic E-state index is 0.0407. The second-order valence-electron chi connectivity index (χ2n) is 7.39. The van der Waals surface area contributed by atoms with Gasteiger partial charge in [0.1, 0.15) is 16.6 Å². The summed E-state index contributed by atoms with van der Waals surface area (Å²) in [4.78, 5) is 21.8. The molecule has 1 amide bonds. The molecular weight excluding hydrogens is 408 g/mol. The number of hydrogen-bond acceptors (Lipinski definition) is 6. The molecule has 156 valence electrons. The fraction of sp³-hybridized carbons (Fsp3) is 0.261. The van der Waals surface area contributed by atoms with Crippen molar-refractivity contribution in [1.29, 1.82) is 5.26 Å². The fourth-order valence-electron chi connectivity index (χ4n) is 3.59. The predicted molar refractivity (Wildman–Crippen MR) is 120 cm³/mol. The molecule has 0 aliphatic carbocycles. The molecule has 0 radical (unpaired) electrons. The van der Waals surface area contributed by atoms with Crippen LogP contribution in [0.15, 0.2) is 41.9 Å². The van der Waals surface area contributed by atoms with Crippen molar-refractivity contribution in [3.8, 4) is 17.3 Å². The normalized spacial score (nSPS) is 11.9. The predicted octanol–water partition coefficient (Wildman–Crippen LogP) is 4.15. The third kappa shape index (κ3) is 4.18. The zero-order valence-corrected chi connectivity index (χ0v) is 18.4. The first kappa shape index (κ1) is 20.7. The van der Waals surface area contributed by atoms with Crippen LogP contribution in [-0.2, 0) is 11.2 Å². The number of amides is 1. The molecule has 4 aromatic rings. The second-order valence-corrected chi connectivity index (χ2v) is 8.28. The summed E-state index contributed by atoms with van der Waals surface area (Å²) in [6.07, 6.45) is 2.40. The Hall–Kier alpha value is -3.57. The average Bonchev–Trinajstić information content (AvgIpc) is 3.41. The Bertz CT molecular complexity index is 1280. The highest BCUT2D eigenvalue weighted by Gasteiger charge is 2.17. The maximum atomic E-state index is 12.6. The number of fused-ring (bicyclic) bond motifs is 1. The van der Waals surface area contributed by atoms with Gasteiger partial charge in [-0.3, -0.25) is 4.79 Å². The summed E-state index contributed by atoms with van der Waals surface area (Å²) in [6, 6.07) is 11.9. The summed E-state index contributed by atoms with van der Waals surface area (Å²) in [7, 11) is 0. The Morgan fingerprint density at radius 1 is 1.26 bits per heavy atom. The molecule has 0 spiro atoms. The van der Waals surface area contributed by atoms with Crippen LogP contribution >= 0.6 is 11.3 Å². The van der Waals surface area contributed by atoms with Crippen LogP contribution in [0.5, 0.6) is 0 Å². The first-order chi connectivity index (χ1) is 15.0. The lowest BCUT2D eigenvalue weighted by Gasteiger charge is -2.13. The highest BCUT2D eigenvalue weighted by molar-refractivity contribution is 7.10. The molecule has 0 saturated heterocycles. The van der Waals surface area contributed by atoms with Crippen LogP contribution in [0.4, 0.5) is 0 Å². The van der Waals surface area contributed by atoms with Crippen molar-refractivity contribution < 1.29 is 4.79 Å². The van der Waals surface area contributed by atoms with Crippen LogP contribution < -0.4 is 5.32 Å². The van der Waals surface area contributed by atoms with Gasteiger partial charge in [-0.2, -0.15) is 10.4 Å². The van der Waals surface area contributed by atoms with E-state index in [1.165, 1.54) is 6.20 Å². The van der Waals surface area contributed by atoms with Gasteiger partial charge in [0.25, 0.3) is 0 Å². The highest BCUT2D eigenvalue weighted by Crippen LogP contribution is 2.25. The molecule has 31 heavy (non-hydrogen) atoms. The van der Waals surface area contributed by atoms with Gasteiger partial charge in [-0.05, 0) is 32.8 Å². The third-order valence-corrected chi connectivity index (χ3v) is 6.30. The summed E-state index contributed by atoms with van der Waals surface area (Å²) >= 11 is 1.55. The molecule has 1 aromatic carbocycles. The largest absolute Gasteiger partial charge is 0.347 e. The lowest BCUT2D eigenvalue weighted by molar-refractivity contribution is -0.121. The number of hydrogen-bond donors (Lipinski definition) is 1. The Labute approximate surface area is 184 Å². The summed E-state index contributed by atoms with van der Waals surface area (Å²) < 4.78 is 1.67. The summed E-state index contributed by atoms with van der Waals surface area (Å²) in [5, 5.41) is 19.4. The van der Waals surface area contributed by atoms with E-state index in [9.17, 15) is 10.1 Å². The van der Waals surface area contributed by atoms with Crippen molar-refractivity contribution in [2.75, 3.05) is 0 Å². The van der Waals surface area contributed by atoms with E-state index in [-0.39, 0.29) is 11.9 Å². The molecule has 1 atom stereocenters. The number of benzene rings is 1. The highest BCUT2D eigenvalue weighted by atomic mass is 32.1. The monoisotopic (exact) mass is 430 g/mol. The lowest BCUT2D eigenvalue weighted by Crippen LogP contribution is -2.27. The Morgan fingerprint density at radius 2 is 2.03 bits per heavy atom. The minimum atomic E-state index is -0.165. The van der Waals surface area contributed by atoms with Crippen LogP contribution in [0.1, 0.15) is 46.9 Å². The van der Waals surface area contributed by atoms with E-state index in [4.69, 9.17) is 0 Å². The topological polar surface area (TPSA) is 96.0 Å². The van der Waals surface area contributed by atoms with Crippen LogP contribution in [0.2, 0.25) is 0 Å². The Balaban J connectivity index is 1.42. The van der Waals surface area contributed by atoms with E-state index in [0.29, 0.717) is 24.1 Å². The number of carbonyl (C=O) groups excluding carboxylic acids is 1. The molecule has 1 unspecified atom stereocenters. The first-order valence-electron chi connectivity index (χ1n) is 10.0. The van der Waals surface area contributed by atoms with Crippen molar-refractivity contribution in [2.24, 2.45) is 0 Å². The molecule has 1 N–H and O–H groups in total. The van der Waals surface area contributed by atoms with E-state index in [1.54, 1.807) is 15.9 Å². The Morgan fingerprint density at radius 3 is 2.77 bits per heavy atom. The van der Waals surface area contributed by atoms with E-state index >= 15 is 0 Å². The van der Waals surface area contributed by atoms with E-state index in [2.05, 4.69) is 26.5 Å². The quantitative estimate of drug-likeness (QED) is 0.496. The third-order valence-electron chi connectivity index (χ3n) is 5.27. The van der Waals surface area contributed by atoms with Crippen LogP contribution in [0.25, 0.3) is 16.9 Å². The van der Waals surface area contributed by atoms with Gasteiger partial charge in [0.2, 0.25) is 5.91 Å². The van der Waals surface area contributed by atoms with Crippen molar-refractivity contribution in [1.82, 2.24) is 24.9 Å². The number of rotatable bonds is 6. The molecule has 3 aromatic heterocycles. The lowest BCUT2D eigenvalue weighted by atomic mass is 10.1. The molecule has 4 rings (SSSR count). The molecule has 0 aliphatic rings. The summed E-state index contributed by atoms with van der Waals surface area (Å²) in [5.41, 5.74) is 5.68. The smallest absolute Gasteiger partial charge is 0.220 e. The van der Waals surface area contributed by atoms with Crippen molar-refractivity contribution >= 4 is 22.9 Å². The van der Waals surface area contributed by atoms with E-state index < -0.39 is 0 Å². The van der Waals surface area contributed by atoms with Gasteiger partial charge in [0, 0.05) is 28.8 Å². The van der Waals surface area contributed by atoms with E-state index in [0.717, 1.165) is 33.2 Å². The standard InChI is InChI=1S/C23H22N6OS/c1-14-19(16(3)29-22(27-14)18(11-24)12-25-29)9-10-21(30)26-15(2)23-28-20(13-31-23)17-7-5-4-6-8-17/h4-8,12-13,15H,9-10H2,1-3H3,(H,26,30). The zero-order valence-electron chi connectivity index (χ0n) is 17.6. The number of thiazole rings is 1. The molecule has 0 aliphatic heterocycles. The number of nitriles is 1. The number of aryl methyl sites for hydroxylation is 2. The van der Waals surface area contributed by atoms with Gasteiger partial charge in [-0.15, -0.1) is 11.3 Å². The maximum absolute atomic E-state index is 12.6. The van der Waals surface area contributed by atoms with Crippen LogP contribution in [0.3, 0.4) is 0 Å².